The van der Waals surface area contributed by atoms with Crippen molar-refractivity contribution in [2.24, 2.45) is 0 Å². The molecule has 4 heterocycles. The number of hydrogen-bond donors (Lipinski definition) is 1. The SMILES string of the molecule is COc1ccc(-c2nc3c([nH]2)CN(Cc2csc(C(C)=O)c2)CC3)cn1. The van der Waals surface area contributed by atoms with Crippen molar-refractivity contribution in [3.05, 3.63) is 51.6 Å². The topological polar surface area (TPSA) is 71.1 Å². The summed E-state index contributed by atoms with van der Waals surface area (Å²) in [5, 5.41) is 2.08. The lowest BCUT2D eigenvalue weighted by Gasteiger charge is -2.25. The number of pyridine rings is 1. The first-order chi connectivity index (χ1) is 12.6. The van der Waals surface area contributed by atoms with Gasteiger partial charge in [0.1, 0.15) is 5.82 Å². The number of aromatic nitrogens is 3. The Labute approximate surface area is 155 Å². The summed E-state index contributed by atoms with van der Waals surface area (Å²) in [4.78, 5) is 27.1. The van der Waals surface area contributed by atoms with Crippen LogP contribution in [0.3, 0.4) is 0 Å². The Kier molecular flexibility index (Phi) is 4.57. The Morgan fingerprint density at radius 2 is 2.31 bits per heavy atom. The third-order valence-electron chi connectivity index (χ3n) is 4.54. The van der Waals surface area contributed by atoms with Crippen LogP contribution in [0.4, 0.5) is 0 Å². The summed E-state index contributed by atoms with van der Waals surface area (Å²) < 4.78 is 5.10. The van der Waals surface area contributed by atoms with Crippen molar-refractivity contribution >= 4 is 17.1 Å². The van der Waals surface area contributed by atoms with E-state index in [1.165, 1.54) is 16.9 Å². The number of aromatic amines is 1. The van der Waals surface area contributed by atoms with E-state index in [1.807, 2.05) is 18.2 Å². The molecule has 6 nitrogen and oxygen atoms in total. The lowest BCUT2D eigenvalue weighted by Crippen LogP contribution is -2.29. The van der Waals surface area contributed by atoms with Gasteiger partial charge >= 0.3 is 0 Å². The van der Waals surface area contributed by atoms with Crippen LogP contribution >= 0.6 is 11.3 Å². The molecule has 4 rings (SSSR count). The molecule has 1 aliphatic rings. The van der Waals surface area contributed by atoms with Gasteiger partial charge in [-0.3, -0.25) is 9.69 Å². The first-order valence-electron chi connectivity index (χ1n) is 8.51. The molecule has 3 aromatic rings. The van der Waals surface area contributed by atoms with Gasteiger partial charge in [-0.25, -0.2) is 9.97 Å². The number of carbonyl (C=O) groups is 1. The molecule has 1 aliphatic heterocycles. The third-order valence-corrected chi connectivity index (χ3v) is 5.62. The monoisotopic (exact) mass is 368 g/mol. The predicted molar refractivity (Wildman–Crippen MR) is 101 cm³/mol. The Morgan fingerprint density at radius 1 is 1.42 bits per heavy atom. The van der Waals surface area contributed by atoms with E-state index in [2.05, 4.69) is 20.2 Å². The molecule has 26 heavy (non-hydrogen) atoms. The van der Waals surface area contributed by atoms with Crippen LogP contribution in [0.15, 0.2) is 29.8 Å². The number of nitrogens with zero attached hydrogens (tertiary/aromatic N) is 3. The van der Waals surface area contributed by atoms with Gasteiger partial charge in [0, 0.05) is 43.9 Å². The summed E-state index contributed by atoms with van der Waals surface area (Å²) in [6, 6.07) is 5.80. The fourth-order valence-corrected chi connectivity index (χ4v) is 3.97. The second kappa shape index (κ2) is 7.01. The number of thiophene rings is 1. The number of H-pyrrole nitrogens is 1. The first-order valence-corrected chi connectivity index (χ1v) is 9.39. The van der Waals surface area contributed by atoms with Gasteiger partial charge in [0.05, 0.1) is 23.4 Å². The van der Waals surface area contributed by atoms with Gasteiger partial charge in [-0.05, 0) is 30.0 Å². The van der Waals surface area contributed by atoms with E-state index >= 15 is 0 Å². The summed E-state index contributed by atoms with van der Waals surface area (Å²) in [5.74, 6) is 1.58. The Hall–Kier alpha value is -2.51. The van der Waals surface area contributed by atoms with Crippen LogP contribution in [0, 0.1) is 0 Å². The number of methoxy groups -OCH3 is 1. The highest BCUT2D eigenvalue weighted by Gasteiger charge is 2.21. The molecule has 0 atom stereocenters. The second-order valence-electron chi connectivity index (χ2n) is 6.44. The number of hydrogen-bond acceptors (Lipinski definition) is 6. The number of carbonyl (C=O) groups excluding carboxylic acids is 1. The van der Waals surface area contributed by atoms with Gasteiger partial charge < -0.3 is 9.72 Å². The molecule has 0 fully saturated rings. The van der Waals surface area contributed by atoms with E-state index in [0.29, 0.717) is 5.88 Å². The Bertz CT molecular complexity index is 929. The third kappa shape index (κ3) is 3.40. The number of Topliss-reactive ketones (excluding diaryl/α,β-unsaturated/α-hetero) is 1. The maximum absolute atomic E-state index is 11.5. The highest BCUT2D eigenvalue weighted by Crippen LogP contribution is 2.25. The summed E-state index contributed by atoms with van der Waals surface area (Å²) >= 11 is 1.52. The molecule has 0 saturated heterocycles. The van der Waals surface area contributed by atoms with Crippen LogP contribution in [0.1, 0.15) is 33.5 Å². The van der Waals surface area contributed by atoms with Crippen molar-refractivity contribution < 1.29 is 9.53 Å². The number of rotatable bonds is 5. The van der Waals surface area contributed by atoms with Crippen LogP contribution in [0.2, 0.25) is 0 Å². The van der Waals surface area contributed by atoms with Gasteiger partial charge in [-0.2, -0.15) is 0 Å². The van der Waals surface area contributed by atoms with Crippen LogP contribution < -0.4 is 4.74 Å². The van der Waals surface area contributed by atoms with E-state index < -0.39 is 0 Å². The Balaban J connectivity index is 1.48. The van der Waals surface area contributed by atoms with Crippen molar-refractivity contribution in [3.63, 3.8) is 0 Å². The van der Waals surface area contributed by atoms with E-state index in [-0.39, 0.29) is 5.78 Å². The molecule has 0 aliphatic carbocycles. The highest BCUT2D eigenvalue weighted by atomic mass is 32.1. The van der Waals surface area contributed by atoms with Gasteiger partial charge in [-0.1, -0.05) is 0 Å². The average molecular weight is 368 g/mol. The summed E-state index contributed by atoms with van der Waals surface area (Å²) in [5.41, 5.74) is 4.43. The zero-order valence-corrected chi connectivity index (χ0v) is 15.6. The first kappa shape index (κ1) is 16.9. The van der Waals surface area contributed by atoms with Crippen molar-refractivity contribution in [2.45, 2.75) is 26.4 Å². The quantitative estimate of drug-likeness (QED) is 0.700. The van der Waals surface area contributed by atoms with Crippen molar-refractivity contribution in [3.8, 4) is 17.3 Å². The fraction of sp³-hybridized carbons (Fsp3) is 0.316. The molecule has 1 N–H and O–H groups in total. The number of fused-ring (bicyclic) bond motifs is 1. The minimum Gasteiger partial charge on any atom is -0.481 e. The van der Waals surface area contributed by atoms with Crippen LogP contribution in [-0.4, -0.2) is 39.3 Å². The molecule has 0 saturated carbocycles. The molecule has 0 bridgehead atoms. The molecule has 0 aromatic carbocycles. The molecule has 0 radical (unpaired) electrons. The lowest BCUT2D eigenvalue weighted by atomic mass is 10.1. The molecular weight excluding hydrogens is 348 g/mol. The minimum atomic E-state index is 0.133. The molecule has 134 valence electrons. The summed E-state index contributed by atoms with van der Waals surface area (Å²) in [6.07, 6.45) is 2.69. The Morgan fingerprint density at radius 3 is 3.00 bits per heavy atom. The molecule has 0 amide bonds. The van der Waals surface area contributed by atoms with E-state index in [9.17, 15) is 4.79 Å². The number of ether oxygens (including phenoxy) is 1. The molecule has 0 unspecified atom stereocenters. The zero-order valence-electron chi connectivity index (χ0n) is 14.8. The van der Waals surface area contributed by atoms with Gasteiger partial charge in [-0.15, -0.1) is 11.3 Å². The normalized spacial score (nSPS) is 14.2. The van der Waals surface area contributed by atoms with Crippen LogP contribution in [0.5, 0.6) is 5.88 Å². The minimum absolute atomic E-state index is 0.133. The van der Waals surface area contributed by atoms with Crippen LogP contribution in [0.25, 0.3) is 11.4 Å². The second-order valence-corrected chi connectivity index (χ2v) is 7.35. The van der Waals surface area contributed by atoms with Crippen molar-refractivity contribution in [2.75, 3.05) is 13.7 Å². The molecule has 3 aromatic heterocycles. The maximum atomic E-state index is 11.5. The van der Waals surface area contributed by atoms with Gasteiger partial charge in [0.2, 0.25) is 5.88 Å². The summed E-state index contributed by atoms with van der Waals surface area (Å²) in [6.45, 7) is 4.26. The standard InChI is InChI=1S/C19H20N4O2S/c1-12(24)17-7-13(11-26-17)9-23-6-5-15-16(10-23)22-19(21-15)14-3-4-18(25-2)20-8-14/h3-4,7-8,11H,5-6,9-10H2,1-2H3,(H,21,22). The largest absolute Gasteiger partial charge is 0.481 e. The number of ketones is 1. The van der Waals surface area contributed by atoms with Crippen molar-refractivity contribution in [1.29, 1.82) is 0 Å². The van der Waals surface area contributed by atoms with Gasteiger partial charge in [0.25, 0.3) is 0 Å². The number of nitrogens with one attached hydrogen (secondary N) is 1. The number of imidazole rings is 1. The van der Waals surface area contributed by atoms with Crippen molar-refractivity contribution in [1.82, 2.24) is 19.9 Å². The highest BCUT2D eigenvalue weighted by molar-refractivity contribution is 7.12. The van der Waals surface area contributed by atoms with E-state index in [1.54, 1.807) is 20.2 Å². The fourth-order valence-electron chi connectivity index (χ4n) is 3.16. The molecule has 7 heteroatoms. The van der Waals surface area contributed by atoms with E-state index in [4.69, 9.17) is 9.72 Å². The molecule has 0 spiro atoms. The lowest BCUT2D eigenvalue weighted by molar-refractivity contribution is 0.102. The molecular formula is C19H20N4O2S. The smallest absolute Gasteiger partial charge is 0.212 e. The average Bonchev–Trinajstić information content (AvgIpc) is 3.28. The van der Waals surface area contributed by atoms with Crippen LogP contribution in [-0.2, 0) is 19.5 Å². The van der Waals surface area contributed by atoms with E-state index in [0.717, 1.165) is 53.7 Å². The summed E-state index contributed by atoms with van der Waals surface area (Å²) in [7, 11) is 1.61. The zero-order chi connectivity index (χ0) is 18.1. The maximum Gasteiger partial charge on any atom is 0.212 e. The predicted octanol–water partition coefficient (Wildman–Crippen LogP) is 3.30. The van der Waals surface area contributed by atoms with Gasteiger partial charge in [0.15, 0.2) is 5.78 Å².